The van der Waals surface area contributed by atoms with E-state index in [0.717, 1.165) is 0 Å². The summed E-state index contributed by atoms with van der Waals surface area (Å²) in [5.41, 5.74) is 5.39. The molecule has 0 saturated heterocycles. The Bertz CT molecular complexity index is 659. The van der Waals surface area contributed by atoms with Crippen LogP contribution in [0.4, 0.5) is 0 Å². The normalized spacial score (nSPS) is 9.81. The molecule has 0 spiro atoms. The number of hydrogen-bond donors (Lipinski definition) is 2. The third-order valence-electron chi connectivity index (χ3n) is 2.61. The Kier molecular flexibility index (Phi) is 4.89. The quantitative estimate of drug-likeness (QED) is 0.829. The maximum absolute atomic E-state index is 11.9. The Morgan fingerprint density at radius 2 is 1.67 bits per heavy atom. The van der Waals surface area contributed by atoms with Gasteiger partial charge in [-0.1, -0.05) is 0 Å². The van der Waals surface area contributed by atoms with Crippen LogP contribution in [0, 0.1) is 0 Å². The number of aromatic nitrogens is 1. The lowest BCUT2D eigenvalue weighted by Gasteiger charge is -2.08. The molecule has 7 heteroatoms. The lowest BCUT2D eigenvalue weighted by molar-refractivity contribution is 0.0846. The first kappa shape index (κ1) is 15.0. The molecule has 0 radical (unpaired) electrons. The van der Waals surface area contributed by atoms with E-state index < -0.39 is 11.8 Å². The molecule has 6 nitrogen and oxygen atoms in total. The standard InChI is InChI=1S/C14H12BrN3O3/c1-21-12-4-2-9(3-5-12)13(19)17-18-14(20)10-6-11(15)8-16-7-10/h2-8H,1H3,(H,17,19)(H,18,20). The number of amides is 2. The molecule has 0 aliphatic heterocycles. The summed E-state index contributed by atoms with van der Waals surface area (Å²) in [5, 5.41) is 0. The van der Waals surface area contributed by atoms with Crippen LogP contribution in [0.5, 0.6) is 5.75 Å². The zero-order chi connectivity index (χ0) is 15.2. The van der Waals surface area contributed by atoms with Gasteiger partial charge in [0.25, 0.3) is 11.8 Å². The van der Waals surface area contributed by atoms with E-state index in [1.54, 1.807) is 43.6 Å². The summed E-state index contributed by atoms with van der Waals surface area (Å²) in [4.78, 5) is 27.6. The van der Waals surface area contributed by atoms with E-state index >= 15 is 0 Å². The number of methoxy groups -OCH3 is 1. The van der Waals surface area contributed by atoms with Crippen LogP contribution >= 0.6 is 15.9 Å². The predicted octanol–water partition coefficient (Wildman–Crippen LogP) is 1.93. The second kappa shape index (κ2) is 6.85. The van der Waals surface area contributed by atoms with Gasteiger partial charge in [-0.25, -0.2) is 0 Å². The molecule has 0 saturated carbocycles. The van der Waals surface area contributed by atoms with Gasteiger partial charge >= 0.3 is 0 Å². The van der Waals surface area contributed by atoms with Gasteiger partial charge < -0.3 is 4.74 Å². The molecule has 2 N–H and O–H groups in total. The molecule has 0 bridgehead atoms. The minimum atomic E-state index is -0.453. The van der Waals surface area contributed by atoms with Crippen molar-refractivity contribution in [3.63, 3.8) is 0 Å². The van der Waals surface area contributed by atoms with Gasteiger partial charge in [-0.2, -0.15) is 0 Å². The number of benzene rings is 1. The van der Waals surface area contributed by atoms with Crippen LogP contribution in [0.2, 0.25) is 0 Å². The fourth-order valence-corrected chi connectivity index (χ4v) is 1.90. The highest BCUT2D eigenvalue weighted by atomic mass is 79.9. The summed E-state index contributed by atoms with van der Waals surface area (Å²) in [6.45, 7) is 0. The van der Waals surface area contributed by atoms with Crippen LogP contribution in [0.15, 0.2) is 47.2 Å². The first-order valence-electron chi connectivity index (χ1n) is 5.95. The molecule has 108 valence electrons. The number of hydrogen-bond acceptors (Lipinski definition) is 4. The first-order chi connectivity index (χ1) is 10.1. The van der Waals surface area contributed by atoms with Crippen molar-refractivity contribution in [2.75, 3.05) is 7.11 Å². The van der Waals surface area contributed by atoms with E-state index in [0.29, 0.717) is 21.3 Å². The van der Waals surface area contributed by atoms with E-state index in [1.165, 1.54) is 6.20 Å². The van der Waals surface area contributed by atoms with Crippen molar-refractivity contribution >= 4 is 27.7 Å². The van der Waals surface area contributed by atoms with Crippen molar-refractivity contribution in [2.45, 2.75) is 0 Å². The number of nitrogens with one attached hydrogen (secondary N) is 2. The van der Waals surface area contributed by atoms with Crippen LogP contribution in [-0.2, 0) is 0 Å². The number of nitrogens with zero attached hydrogens (tertiary/aromatic N) is 1. The lowest BCUT2D eigenvalue weighted by atomic mass is 10.2. The molecule has 2 aromatic rings. The highest BCUT2D eigenvalue weighted by molar-refractivity contribution is 9.10. The summed E-state index contributed by atoms with van der Waals surface area (Å²) >= 11 is 3.22. The number of hydrazine groups is 1. The van der Waals surface area contributed by atoms with Gasteiger partial charge in [0, 0.05) is 22.4 Å². The Morgan fingerprint density at radius 3 is 2.24 bits per heavy atom. The average Bonchev–Trinajstić information content (AvgIpc) is 2.52. The van der Waals surface area contributed by atoms with E-state index in [1.807, 2.05) is 0 Å². The van der Waals surface area contributed by atoms with Crippen LogP contribution < -0.4 is 15.6 Å². The second-order valence-electron chi connectivity index (χ2n) is 4.03. The summed E-state index contributed by atoms with van der Waals surface area (Å²) in [7, 11) is 1.54. The molecule has 1 aromatic heterocycles. The SMILES string of the molecule is COc1ccc(C(=O)NNC(=O)c2cncc(Br)c2)cc1. The molecule has 0 aliphatic rings. The molecule has 0 fully saturated rings. The maximum atomic E-state index is 11.9. The molecular weight excluding hydrogens is 338 g/mol. The minimum Gasteiger partial charge on any atom is -0.497 e. The van der Waals surface area contributed by atoms with Crippen molar-refractivity contribution in [1.82, 2.24) is 15.8 Å². The predicted molar refractivity (Wildman–Crippen MR) is 79.9 cm³/mol. The van der Waals surface area contributed by atoms with E-state index in [-0.39, 0.29) is 0 Å². The lowest BCUT2D eigenvalue weighted by Crippen LogP contribution is -2.41. The molecule has 1 heterocycles. The molecule has 2 rings (SSSR count). The van der Waals surface area contributed by atoms with Gasteiger partial charge in [0.2, 0.25) is 0 Å². The van der Waals surface area contributed by atoms with Crippen LogP contribution in [0.1, 0.15) is 20.7 Å². The van der Waals surface area contributed by atoms with E-state index in [2.05, 4.69) is 31.8 Å². The molecular formula is C14H12BrN3O3. The fraction of sp³-hybridized carbons (Fsp3) is 0.0714. The number of carbonyl (C=O) groups is 2. The molecule has 0 unspecified atom stereocenters. The van der Waals surface area contributed by atoms with Gasteiger partial charge in [-0.15, -0.1) is 0 Å². The summed E-state index contributed by atoms with van der Waals surface area (Å²) < 4.78 is 5.68. The van der Waals surface area contributed by atoms with Gasteiger partial charge in [-0.3, -0.25) is 25.4 Å². The largest absolute Gasteiger partial charge is 0.497 e. The Labute approximate surface area is 129 Å². The van der Waals surface area contributed by atoms with Gasteiger partial charge in [0.1, 0.15) is 5.75 Å². The van der Waals surface area contributed by atoms with E-state index in [4.69, 9.17) is 4.74 Å². The number of ether oxygens (including phenoxy) is 1. The van der Waals surface area contributed by atoms with Gasteiger partial charge in [0.05, 0.1) is 12.7 Å². The van der Waals surface area contributed by atoms with Gasteiger partial charge in [-0.05, 0) is 46.3 Å². The van der Waals surface area contributed by atoms with Crippen molar-refractivity contribution in [3.8, 4) is 5.75 Å². The molecule has 0 atom stereocenters. The first-order valence-corrected chi connectivity index (χ1v) is 6.75. The highest BCUT2D eigenvalue weighted by Gasteiger charge is 2.09. The monoisotopic (exact) mass is 349 g/mol. The number of carbonyl (C=O) groups excluding carboxylic acids is 2. The Hall–Kier alpha value is -2.41. The molecule has 2 amide bonds. The zero-order valence-electron chi connectivity index (χ0n) is 11.1. The number of rotatable bonds is 3. The number of halogens is 1. The zero-order valence-corrected chi connectivity index (χ0v) is 12.7. The Balaban J connectivity index is 1.95. The molecule has 0 aliphatic carbocycles. The van der Waals surface area contributed by atoms with Crippen LogP contribution in [-0.4, -0.2) is 23.9 Å². The Morgan fingerprint density at radius 1 is 1.05 bits per heavy atom. The minimum absolute atomic E-state index is 0.333. The van der Waals surface area contributed by atoms with Crippen molar-refractivity contribution in [3.05, 3.63) is 58.3 Å². The van der Waals surface area contributed by atoms with Crippen LogP contribution in [0.25, 0.3) is 0 Å². The third kappa shape index (κ3) is 4.03. The summed E-state index contributed by atoms with van der Waals surface area (Å²) in [6.07, 6.45) is 2.96. The third-order valence-corrected chi connectivity index (χ3v) is 3.04. The summed E-state index contributed by atoms with van der Waals surface area (Å²) in [6, 6.07) is 8.12. The number of pyridine rings is 1. The average molecular weight is 350 g/mol. The van der Waals surface area contributed by atoms with E-state index in [9.17, 15) is 9.59 Å². The highest BCUT2D eigenvalue weighted by Crippen LogP contribution is 2.11. The van der Waals surface area contributed by atoms with Crippen molar-refractivity contribution in [2.24, 2.45) is 0 Å². The maximum Gasteiger partial charge on any atom is 0.271 e. The van der Waals surface area contributed by atoms with Gasteiger partial charge in [0.15, 0.2) is 0 Å². The van der Waals surface area contributed by atoms with Crippen molar-refractivity contribution < 1.29 is 14.3 Å². The topological polar surface area (TPSA) is 80.3 Å². The molecule has 21 heavy (non-hydrogen) atoms. The summed E-state index contributed by atoms with van der Waals surface area (Å²) in [5.74, 6) is -0.226. The van der Waals surface area contributed by atoms with Crippen LogP contribution in [0.3, 0.4) is 0 Å². The fourth-order valence-electron chi connectivity index (χ4n) is 1.54. The smallest absolute Gasteiger partial charge is 0.271 e. The van der Waals surface area contributed by atoms with Crippen molar-refractivity contribution in [1.29, 1.82) is 0 Å². The molecule has 1 aromatic carbocycles. The second-order valence-corrected chi connectivity index (χ2v) is 4.94.